The minimum atomic E-state index is -4.69. The van der Waals surface area contributed by atoms with Crippen molar-refractivity contribution < 1.29 is 37.0 Å². The molecule has 4 aromatic rings. The molecule has 0 radical (unpaired) electrons. The second kappa shape index (κ2) is 19.6. The molecule has 2 aliphatic rings. The molecule has 0 amide bonds. The molecule has 0 aliphatic carbocycles. The summed E-state index contributed by atoms with van der Waals surface area (Å²) < 4.78 is 49.4. The molecular formula is C56H80CaO8P2S2. The van der Waals surface area contributed by atoms with Gasteiger partial charge in [0.25, 0.3) is 0 Å². The number of benzene rings is 4. The van der Waals surface area contributed by atoms with E-state index in [0.717, 1.165) is 64.1 Å². The van der Waals surface area contributed by atoms with Crippen LogP contribution < -0.4 is 27.9 Å². The number of hydrogen-bond donors (Lipinski definition) is 0. The molecule has 8 nitrogen and oxygen atoms in total. The Bertz CT molecular complexity index is 2330. The molecule has 2 aliphatic heterocycles. The van der Waals surface area contributed by atoms with Gasteiger partial charge in [-0.3, -0.25) is 0 Å². The Hall–Kier alpha value is -1.58. The zero-order valence-electron chi connectivity index (χ0n) is 46.3. The molecule has 0 unspecified atom stereocenters. The Morgan fingerprint density at radius 2 is 0.478 bits per heavy atom. The van der Waals surface area contributed by atoms with E-state index in [2.05, 4.69) is 215 Å². The van der Waals surface area contributed by atoms with Gasteiger partial charge in [-0.05, 0) is 89.8 Å². The van der Waals surface area contributed by atoms with Crippen LogP contribution in [0.5, 0.6) is 23.0 Å². The van der Waals surface area contributed by atoms with Crippen molar-refractivity contribution in [3.63, 3.8) is 0 Å². The van der Waals surface area contributed by atoms with E-state index in [1.54, 1.807) is 0 Å². The summed E-state index contributed by atoms with van der Waals surface area (Å²) in [6, 6.07) is 16.6. The van der Waals surface area contributed by atoms with Crippen molar-refractivity contribution in [3.8, 4) is 23.0 Å². The van der Waals surface area contributed by atoms with Crippen LogP contribution in [0.1, 0.15) is 211 Å². The monoisotopic (exact) mass is 1050 g/mol. The van der Waals surface area contributed by atoms with Crippen molar-refractivity contribution in [1.82, 2.24) is 0 Å². The first kappa shape index (κ1) is 60.0. The number of hydrogen-bond acceptors (Lipinski definition) is 10. The fraction of sp³-hybridized carbons (Fsp3) is 0.571. The Kier molecular flexibility index (Phi) is 17.0. The molecule has 4 aromatic carbocycles. The topological polar surface area (TPSA) is 117 Å². The van der Waals surface area contributed by atoms with Gasteiger partial charge >= 0.3 is 53.4 Å². The van der Waals surface area contributed by atoms with E-state index in [1.807, 2.05) is 0 Å². The maximum absolute atomic E-state index is 13.2. The van der Waals surface area contributed by atoms with Crippen molar-refractivity contribution in [2.24, 2.45) is 0 Å². The Balaban J connectivity index is 0.000000296. The Morgan fingerprint density at radius 1 is 0.319 bits per heavy atom. The molecule has 0 atom stereocenters. The van der Waals surface area contributed by atoms with Crippen molar-refractivity contribution in [2.45, 2.75) is 229 Å². The van der Waals surface area contributed by atoms with E-state index in [4.69, 9.17) is 18.1 Å². The first-order valence-electron chi connectivity index (χ1n) is 23.7. The molecule has 0 aromatic heterocycles. The zero-order valence-corrected chi connectivity index (χ0v) is 51.9. The maximum atomic E-state index is 13.2. The molecule has 0 saturated carbocycles. The van der Waals surface area contributed by atoms with Gasteiger partial charge in [0, 0.05) is 22.3 Å². The standard InChI is InChI=1S/2C28H41O4PS.Ca/c2*1-25(2,3)17-13-19(27(7,8)9)23-21(15-17)34-22-16-18(26(4,5)6)14-20(28(10,11)12)24(22)32-33(29,30)31-23;/h2*13-16H,1-12H3,(H,29,30);/q;;+2/p-2. The molecule has 6 rings (SSSR count). The van der Waals surface area contributed by atoms with Gasteiger partial charge in [0.1, 0.15) is 23.0 Å². The van der Waals surface area contributed by atoms with Crippen LogP contribution in [0.15, 0.2) is 68.1 Å². The molecule has 0 fully saturated rings. The van der Waals surface area contributed by atoms with Crippen molar-refractivity contribution in [2.75, 3.05) is 0 Å². The van der Waals surface area contributed by atoms with Gasteiger partial charge in [0.15, 0.2) is 0 Å². The van der Waals surface area contributed by atoms with Crippen LogP contribution in [-0.4, -0.2) is 37.7 Å². The fourth-order valence-corrected chi connectivity index (χ4v) is 12.0. The average Bonchev–Trinajstić information content (AvgIpc) is 3.08. The summed E-state index contributed by atoms with van der Waals surface area (Å²) >= 11 is 3.06. The molecule has 69 heavy (non-hydrogen) atoms. The summed E-state index contributed by atoms with van der Waals surface area (Å²) in [5, 5.41) is 0. The molecule has 376 valence electrons. The first-order valence-corrected chi connectivity index (χ1v) is 28.3. The third-order valence-electron chi connectivity index (χ3n) is 12.2. The molecule has 0 N–H and O–H groups in total. The van der Waals surface area contributed by atoms with E-state index in [-0.39, 0.29) is 81.1 Å². The van der Waals surface area contributed by atoms with E-state index < -0.39 is 15.6 Å². The zero-order chi connectivity index (χ0) is 52.1. The smallest absolute Gasteiger partial charge is 0.736 e. The predicted octanol–water partition coefficient (Wildman–Crippen LogP) is 16.2. The molecule has 2 heterocycles. The quantitative estimate of drug-likeness (QED) is 0.124. The second-order valence-electron chi connectivity index (χ2n) is 26.9. The maximum Gasteiger partial charge on any atom is 2.00 e. The average molecular weight is 1050 g/mol. The largest absolute Gasteiger partial charge is 2.00 e. The van der Waals surface area contributed by atoms with Crippen molar-refractivity contribution in [1.29, 1.82) is 0 Å². The molecule has 0 spiro atoms. The van der Waals surface area contributed by atoms with Gasteiger partial charge in [0.05, 0.1) is 19.6 Å². The SMILES string of the molecule is CC(C)(C)c1cc2c(c(C(C)(C)C)c1)OP(=O)([O-])Oc1c(cc(C(C)(C)C)cc1C(C)(C)C)S2.CC(C)(C)c1cc2c(c(C(C)(C)C)c1)OP(=O)([O-])Oc1c(cc(C(C)(C)C)cc1C(C)(C)C)S2.[Ca+2]. The van der Waals surface area contributed by atoms with Gasteiger partial charge in [-0.1, -0.05) is 214 Å². The van der Waals surface area contributed by atoms with E-state index in [1.165, 1.54) is 23.5 Å². The summed E-state index contributed by atoms with van der Waals surface area (Å²) in [5.74, 6) is 1.47. The van der Waals surface area contributed by atoms with Crippen molar-refractivity contribution in [3.05, 3.63) is 93.0 Å². The third-order valence-corrected chi connectivity index (χ3v) is 15.9. The predicted molar refractivity (Wildman–Crippen MR) is 287 cm³/mol. The molecule has 0 saturated heterocycles. The third kappa shape index (κ3) is 14.4. The normalized spacial score (nSPS) is 16.3. The van der Waals surface area contributed by atoms with E-state index >= 15 is 0 Å². The van der Waals surface area contributed by atoms with Crippen LogP contribution in [0.25, 0.3) is 0 Å². The van der Waals surface area contributed by atoms with Gasteiger partial charge in [-0.15, -0.1) is 0 Å². The van der Waals surface area contributed by atoms with Gasteiger partial charge in [-0.2, -0.15) is 0 Å². The van der Waals surface area contributed by atoms with Crippen LogP contribution in [0.3, 0.4) is 0 Å². The first-order chi connectivity index (χ1) is 30.2. The molecule has 0 bridgehead atoms. The Labute approximate surface area is 455 Å². The van der Waals surface area contributed by atoms with Crippen LogP contribution >= 0.6 is 39.2 Å². The summed E-state index contributed by atoms with van der Waals surface area (Å²) in [6.45, 7) is 50.9. The van der Waals surface area contributed by atoms with Crippen LogP contribution in [0, 0.1) is 0 Å². The number of fused-ring (bicyclic) bond motifs is 4. The summed E-state index contributed by atoms with van der Waals surface area (Å²) in [5.41, 5.74) is 6.25. The minimum absolute atomic E-state index is 0. The Morgan fingerprint density at radius 3 is 0.609 bits per heavy atom. The van der Waals surface area contributed by atoms with Crippen LogP contribution in [-0.2, 0) is 52.5 Å². The second-order valence-corrected chi connectivity index (χ2v) is 31.6. The summed E-state index contributed by atoms with van der Waals surface area (Å²) in [6.07, 6.45) is 0. The number of rotatable bonds is 0. The van der Waals surface area contributed by atoms with Crippen LogP contribution in [0.2, 0.25) is 0 Å². The van der Waals surface area contributed by atoms with E-state index in [0.29, 0.717) is 23.0 Å². The van der Waals surface area contributed by atoms with Gasteiger partial charge in [0.2, 0.25) is 0 Å². The molecular weight excluding hydrogens is 967 g/mol. The fourth-order valence-electron chi connectivity index (χ4n) is 7.77. The number of phosphoric ester groups is 2. The molecule has 13 heteroatoms. The summed E-state index contributed by atoms with van der Waals surface area (Å²) in [4.78, 5) is 29.7. The van der Waals surface area contributed by atoms with Crippen molar-refractivity contribution >= 4 is 76.9 Å². The minimum Gasteiger partial charge on any atom is -0.736 e. The van der Waals surface area contributed by atoms with Crippen LogP contribution in [0.4, 0.5) is 0 Å². The van der Waals surface area contributed by atoms with Gasteiger partial charge < -0.3 is 27.9 Å². The van der Waals surface area contributed by atoms with E-state index in [9.17, 15) is 18.9 Å². The summed E-state index contributed by atoms with van der Waals surface area (Å²) in [7, 11) is -9.38. The number of phosphoric acid groups is 2. The van der Waals surface area contributed by atoms with Gasteiger partial charge in [-0.25, -0.2) is 9.13 Å².